The summed E-state index contributed by atoms with van der Waals surface area (Å²) in [6, 6.07) is 6.07. The maximum Gasteiger partial charge on any atom is 0.160 e. The fourth-order valence-corrected chi connectivity index (χ4v) is 1.97. The minimum Gasteiger partial charge on any atom is -0.237 e. The molecule has 70 valence electrons. The highest BCUT2D eigenvalue weighted by molar-refractivity contribution is 6.30. The summed E-state index contributed by atoms with van der Waals surface area (Å²) in [6.07, 6.45) is 4.22. The van der Waals surface area contributed by atoms with Gasteiger partial charge in [-0.2, -0.15) is 0 Å². The van der Waals surface area contributed by atoms with E-state index in [0.29, 0.717) is 11.1 Å². The van der Waals surface area contributed by atoms with Crippen LogP contribution in [0.25, 0.3) is 11.0 Å². The molecule has 0 aliphatic heterocycles. The monoisotopic (exact) mass is 204 g/mol. The van der Waals surface area contributed by atoms with E-state index in [4.69, 9.17) is 11.6 Å². The molecule has 0 N–H and O–H groups in total. The Bertz CT molecular complexity index is 492. The van der Waals surface area contributed by atoms with Gasteiger partial charge in [0.05, 0.1) is 0 Å². The minimum absolute atomic E-state index is 0.624. The molecule has 0 saturated heterocycles. The lowest BCUT2D eigenvalue weighted by molar-refractivity contribution is 1.10. The third-order valence-electron chi connectivity index (χ3n) is 2.59. The molecule has 1 saturated carbocycles. The van der Waals surface area contributed by atoms with Gasteiger partial charge in [-0.25, -0.2) is 9.97 Å². The number of hydrogen-bond donors (Lipinski definition) is 0. The van der Waals surface area contributed by atoms with Gasteiger partial charge < -0.3 is 0 Å². The molecule has 1 aliphatic rings. The molecule has 0 unspecified atom stereocenters. The van der Waals surface area contributed by atoms with E-state index in [1.165, 1.54) is 18.4 Å². The standard InChI is InChI=1S/C11H9ClN2/c12-10-9(7-3-4-7)6-8-2-1-5-13-11(8)14-10/h1-2,5-7H,3-4H2. The van der Waals surface area contributed by atoms with Crippen LogP contribution in [-0.4, -0.2) is 9.97 Å². The first kappa shape index (κ1) is 8.18. The molecule has 0 spiro atoms. The SMILES string of the molecule is Clc1nc2ncccc2cc1C1CC1. The quantitative estimate of drug-likeness (QED) is 0.667. The Balaban J connectivity index is 2.26. The van der Waals surface area contributed by atoms with Crippen LogP contribution in [0.4, 0.5) is 0 Å². The smallest absolute Gasteiger partial charge is 0.160 e. The van der Waals surface area contributed by atoms with Crippen molar-refractivity contribution in [2.24, 2.45) is 0 Å². The maximum absolute atomic E-state index is 6.09. The van der Waals surface area contributed by atoms with Crippen LogP contribution in [-0.2, 0) is 0 Å². The van der Waals surface area contributed by atoms with Crippen LogP contribution >= 0.6 is 11.6 Å². The molecule has 0 atom stereocenters. The predicted octanol–water partition coefficient (Wildman–Crippen LogP) is 3.16. The maximum atomic E-state index is 6.09. The summed E-state index contributed by atoms with van der Waals surface area (Å²) in [5, 5.41) is 1.71. The Morgan fingerprint density at radius 2 is 2.21 bits per heavy atom. The second-order valence-corrected chi connectivity index (χ2v) is 4.05. The molecule has 3 rings (SSSR count). The third kappa shape index (κ3) is 1.26. The van der Waals surface area contributed by atoms with Gasteiger partial charge in [0.25, 0.3) is 0 Å². The van der Waals surface area contributed by atoms with Crippen molar-refractivity contribution < 1.29 is 0 Å². The fraction of sp³-hybridized carbons (Fsp3) is 0.273. The molecule has 1 fully saturated rings. The van der Waals surface area contributed by atoms with E-state index in [1.54, 1.807) is 6.20 Å². The number of pyridine rings is 2. The van der Waals surface area contributed by atoms with Crippen LogP contribution in [0.1, 0.15) is 24.3 Å². The molecule has 0 bridgehead atoms. The van der Waals surface area contributed by atoms with Gasteiger partial charge in [-0.1, -0.05) is 11.6 Å². The topological polar surface area (TPSA) is 25.8 Å². The highest BCUT2D eigenvalue weighted by Gasteiger charge is 2.26. The lowest BCUT2D eigenvalue weighted by Gasteiger charge is -2.02. The van der Waals surface area contributed by atoms with Crippen LogP contribution in [0.3, 0.4) is 0 Å². The molecule has 2 aromatic rings. The molecule has 0 radical (unpaired) electrons. The second-order valence-electron chi connectivity index (χ2n) is 3.69. The highest BCUT2D eigenvalue weighted by Crippen LogP contribution is 2.43. The number of nitrogens with zero attached hydrogens (tertiary/aromatic N) is 2. The molecule has 0 amide bonds. The van der Waals surface area contributed by atoms with Crippen molar-refractivity contribution in [1.82, 2.24) is 9.97 Å². The minimum atomic E-state index is 0.624. The van der Waals surface area contributed by atoms with Crippen molar-refractivity contribution in [3.8, 4) is 0 Å². The molecule has 0 aromatic carbocycles. The van der Waals surface area contributed by atoms with Gasteiger partial charge in [0, 0.05) is 11.6 Å². The second kappa shape index (κ2) is 2.92. The number of hydrogen-bond acceptors (Lipinski definition) is 2. The number of rotatable bonds is 1. The Kier molecular flexibility index (Phi) is 1.71. The van der Waals surface area contributed by atoms with Crippen molar-refractivity contribution in [2.45, 2.75) is 18.8 Å². The van der Waals surface area contributed by atoms with Crippen molar-refractivity contribution in [2.75, 3.05) is 0 Å². The first-order valence-corrected chi connectivity index (χ1v) is 5.13. The van der Waals surface area contributed by atoms with Gasteiger partial charge in [-0.05, 0) is 42.5 Å². The van der Waals surface area contributed by atoms with E-state index in [0.717, 1.165) is 11.0 Å². The van der Waals surface area contributed by atoms with Crippen molar-refractivity contribution in [3.63, 3.8) is 0 Å². The summed E-state index contributed by atoms with van der Waals surface area (Å²) < 4.78 is 0. The zero-order chi connectivity index (χ0) is 9.54. The van der Waals surface area contributed by atoms with Crippen molar-refractivity contribution in [3.05, 3.63) is 35.1 Å². The van der Waals surface area contributed by atoms with E-state index in [2.05, 4.69) is 16.0 Å². The van der Waals surface area contributed by atoms with E-state index < -0.39 is 0 Å². The van der Waals surface area contributed by atoms with Gasteiger partial charge in [0.15, 0.2) is 5.65 Å². The van der Waals surface area contributed by atoms with Crippen molar-refractivity contribution in [1.29, 1.82) is 0 Å². The number of fused-ring (bicyclic) bond motifs is 1. The first-order chi connectivity index (χ1) is 6.84. The van der Waals surface area contributed by atoms with Gasteiger partial charge in [0.2, 0.25) is 0 Å². The molecule has 2 aromatic heterocycles. The summed E-state index contributed by atoms with van der Waals surface area (Å²) >= 11 is 6.09. The van der Waals surface area contributed by atoms with Crippen LogP contribution in [0.5, 0.6) is 0 Å². The normalized spacial score (nSPS) is 16.1. The molecular weight excluding hydrogens is 196 g/mol. The van der Waals surface area contributed by atoms with E-state index in [9.17, 15) is 0 Å². The lowest BCUT2D eigenvalue weighted by Crippen LogP contribution is -1.89. The van der Waals surface area contributed by atoms with Crippen molar-refractivity contribution >= 4 is 22.6 Å². The molecule has 3 heteroatoms. The average molecular weight is 205 g/mol. The summed E-state index contributed by atoms with van der Waals surface area (Å²) in [5.41, 5.74) is 1.93. The Morgan fingerprint density at radius 1 is 1.36 bits per heavy atom. The summed E-state index contributed by atoms with van der Waals surface area (Å²) in [7, 11) is 0. The molecule has 2 heterocycles. The molecular formula is C11H9ClN2. The largest absolute Gasteiger partial charge is 0.237 e. The average Bonchev–Trinajstić information content (AvgIpc) is 3.00. The van der Waals surface area contributed by atoms with Crippen LogP contribution in [0, 0.1) is 0 Å². The number of halogens is 1. The summed E-state index contributed by atoms with van der Waals surface area (Å²) in [6.45, 7) is 0. The van der Waals surface area contributed by atoms with Crippen LogP contribution < -0.4 is 0 Å². The Morgan fingerprint density at radius 3 is 3.00 bits per heavy atom. The zero-order valence-corrected chi connectivity index (χ0v) is 8.33. The predicted molar refractivity (Wildman–Crippen MR) is 56.5 cm³/mol. The van der Waals surface area contributed by atoms with E-state index in [-0.39, 0.29) is 0 Å². The van der Waals surface area contributed by atoms with Gasteiger partial charge in [0.1, 0.15) is 5.15 Å². The molecule has 1 aliphatic carbocycles. The van der Waals surface area contributed by atoms with Gasteiger partial charge in [-0.3, -0.25) is 0 Å². The highest BCUT2D eigenvalue weighted by atomic mass is 35.5. The van der Waals surface area contributed by atoms with E-state index in [1.807, 2.05) is 12.1 Å². The Labute approximate surface area is 86.9 Å². The van der Waals surface area contributed by atoms with E-state index >= 15 is 0 Å². The third-order valence-corrected chi connectivity index (χ3v) is 2.89. The summed E-state index contributed by atoms with van der Waals surface area (Å²) in [4.78, 5) is 8.46. The fourth-order valence-electron chi connectivity index (χ4n) is 1.68. The Hall–Kier alpha value is -1.15. The van der Waals surface area contributed by atoms with Crippen LogP contribution in [0.2, 0.25) is 5.15 Å². The molecule has 2 nitrogen and oxygen atoms in total. The number of aromatic nitrogens is 2. The molecule has 14 heavy (non-hydrogen) atoms. The summed E-state index contributed by atoms with van der Waals surface area (Å²) in [5.74, 6) is 0.639. The van der Waals surface area contributed by atoms with Gasteiger partial charge >= 0.3 is 0 Å². The zero-order valence-electron chi connectivity index (χ0n) is 7.57. The van der Waals surface area contributed by atoms with Gasteiger partial charge in [-0.15, -0.1) is 0 Å². The lowest BCUT2D eigenvalue weighted by atomic mass is 10.1. The first-order valence-electron chi connectivity index (χ1n) is 4.76. The van der Waals surface area contributed by atoms with Crippen LogP contribution in [0.15, 0.2) is 24.4 Å².